The smallest absolute Gasteiger partial charge is 0.154 e. The van der Waals surface area contributed by atoms with E-state index >= 15 is 0 Å². The van der Waals surface area contributed by atoms with Crippen LogP contribution in [0.5, 0.6) is 0 Å². The SMILES string of the molecule is C=CCCCC(NCC)C(C)(C)S(C)(=O)=O. The van der Waals surface area contributed by atoms with E-state index in [9.17, 15) is 8.42 Å². The lowest BCUT2D eigenvalue weighted by atomic mass is 9.97. The zero-order valence-electron chi connectivity index (χ0n) is 10.9. The summed E-state index contributed by atoms with van der Waals surface area (Å²) in [5.41, 5.74) is 0. The predicted octanol–water partition coefficient (Wildman–Crippen LogP) is 2.14. The van der Waals surface area contributed by atoms with E-state index in [-0.39, 0.29) is 6.04 Å². The first-order valence-corrected chi connectivity index (χ1v) is 7.70. The van der Waals surface area contributed by atoms with Crippen molar-refractivity contribution in [3.05, 3.63) is 12.7 Å². The quantitative estimate of drug-likeness (QED) is 0.528. The Labute approximate surface area is 100 Å². The van der Waals surface area contributed by atoms with Gasteiger partial charge in [-0.05, 0) is 39.7 Å². The highest BCUT2D eigenvalue weighted by atomic mass is 32.2. The van der Waals surface area contributed by atoms with Crippen LogP contribution < -0.4 is 5.32 Å². The number of sulfone groups is 1. The molecule has 3 nitrogen and oxygen atoms in total. The summed E-state index contributed by atoms with van der Waals surface area (Å²) in [4.78, 5) is 0. The molecule has 0 aromatic heterocycles. The third-order valence-corrected chi connectivity index (χ3v) is 5.34. The third-order valence-electron chi connectivity index (χ3n) is 3.15. The maximum atomic E-state index is 11.7. The largest absolute Gasteiger partial charge is 0.313 e. The molecule has 0 heterocycles. The first kappa shape index (κ1) is 15.7. The lowest BCUT2D eigenvalue weighted by Crippen LogP contribution is -2.51. The second kappa shape index (κ2) is 6.40. The third kappa shape index (κ3) is 4.26. The highest BCUT2D eigenvalue weighted by Gasteiger charge is 2.37. The van der Waals surface area contributed by atoms with Crippen molar-refractivity contribution in [2.75, 3.05) is 12.8 Å². The standard InChI is InChI=1S/C12H25NO2S/c1-6-8-9-10-11(13-7-2)12(3,4)16(5,14)15/h6,11,13H,1,7-10H2,2-5H3. The van der Waals surface area contributed by atoms with Crippen LogP contribution in [-0.4, -0.2) is 32.0 Å². The molecule has 96 valence electrons. The van der Waals surface area contributed by atoms with Gasteiger partial charge >= 0.3 is 0 Å². The monoisotopic (exact) mass is 247 g/mol. The molecule has 0 saturated carbocycles. The number of rotatable bonds is 8. The fraction of sp³-hybridized carbons (Fsp3) is 0.833. The van der Waals surface area contributed by atoms with Gasteiger partial charge in [0.15, 0.2) is 9.84 Å². The molecule has 1 N–H and O–H groups in total. The van der Waals surface area contributed by atoms with E-state index in [4.69, 9.17) is 0 Å². The van der Waals surface area contributed by atoms with Crippen LogP contribution in [0.25, 0.3) is 0 Å². The van der Waals surface area contributed by atoms with E-state index in [1.165, 1.54) is 6.26 Å². The molecule has 0 bridgehead atoms. The molecule has 0 amide bonds. The van der Waals surface area contributed by atoms with Crippen LogP contribution >= 0.6 is 0 Å². The Bertz CT molecular complexity index is 307. The number of unbranched alkanes of at least 4 members (excludes halogenated alkanes) is 1. The average molecular weight is 247 g/mol. The van der Waals surface area contributed by atoms with Crippen molar-refractivity contribution in [1.29, 1.82) is 0 Å². The molecule has 0 aromatic carbocycles. The normalized spacial score (nSPS) is 14.8. The summed E-state index contributed by atoms with van der Waals surface area (Å²) in [5, 5.41) is 3.27. The minimum Gasteiger partial charge on any atom is -0.313 e. The van der Waals surface area contributed by atoms with Gasteiger partial charge in [0.05, 0.1) is 4.75 Å². The molecule has 0 saturated heterocycles. The van der Waals surface area contributed by atoms with E-state index in [0.717, 1.165) is 25.8 Å². The molecule has 0 rings (SSSR count). The maximum Gasteiger partial charge on any atom is 0.154 e. The second-order valence-electron chi connectivity index (χ2n) is 4.71. The number of hydrogen-bond donors (Lipinski definition) is 1. The van der Waals surface area contributed by atoms with Crippen molar-refractivity contribution in [2.24, 2.45) is 0 Å². The number of nitrogens with one attached hydrogen (secondary N) is 1. The topological polar surface area (TPSA) is 46.2 Å². The van der Waals surface area contributed by atoms with Crippen LogP contribution in [0.2, 0.25) is 0 Å². The lowest BCUT2D eigenvalue weighted by Gasteiger charge is -2.33. The molecule has 1 atom stereocenters. The molecule has 1 unspecified atom stereocenters. The summed E-state index contributed by atoms with van der Waals surface area (Å²) in [6.45, 7) is 10.1. The minimum absolute atomic E-state index is 0.00690. The molecule has 0 aromatic rings. The van der Waals surface area contributed by atoms with Gasteiger partial charge in [0.2, 0.25) is 0 Å². The van der Waals surface area contributed by atoms with E-state index in [1.54, 1.807) is 13.8 Å². The highest BCUT2D eigenvalue weighted by Crippen LogP contribution is 2.23. The summed E-state index contributed by atoms with van der Waals surface area (Å²) >= 11 is 0. The summed E-state index contributed by atoms with van der Waals surface area (Å²) in [6, 6.07) is 0.00690. The Morgan fingerprint density at radius 3 is 2.38 bits per heavy atom. The van der Waals surface area contributed by atoms with Crippen LogP contribution in [0.3, 0.4) is 0 Å². The molecule has 0 aliphatic carbocycles. The summed E-state index contributed by atoms with van der Waals surface area (Å²) in [6.07, 6.45) is 5.95. The van der Waals surface area contributed by atoms with Gasteiger partial charge in [-0.15, -0.1) is 6.58 Å². The molecule has 4 heteroatoms. The number of hydrogen-bond acceptors (Lipinski definition) is 3. The van der Waals surface area contributed by atoms with Gasteiger partial charge < -0.3 is 5.32 Å². The summed E-state index contributed by atoms with van der Waals surface area (Å²) in [5.74, 6) is 0. The summed E-state index contributed by atoms with van der Waals surface area (Å²) < 4.78 is 22.8. The van der Waals surface area contributed by atoms with Gasteiger partial charge in [-0.25, -0.2) is 8.42 Å². The molecule has 0 aliphatic rings. The van der Waals surface area contributed by atoms with Crippen LogP contribution in [0, 0.1) is 0 Å². The fourth-order valence-electron chi connectivity index (χ4n) is 1.67. The van der Waals surface area contributed by atoms with Crippen molar-refractivity contribution >= 4 is 9.84 Å². The van der Waals surface area contributed by atoms with Crippen LogP contribution in [0.15, 0.2) is 12.7 Å². The Hall–Kier alpha value is -0.350. The second-order valence-corrected chi connectivity index (χ2v) is 7.30. The van der Waals surface area contributed by atoms with Gasteiger partial charge in [-0.2, -0.15) is 0 Å². The van der Waals surface area contributed by atoms with Gasteiger partial charge in [0.1, 0.15) is 0 Å². The first-order valence-electron chi connectivity index (χ1n) is 5.81. The Balaban J connectivity index is 4.69. The molecule has 0 radical (unpaired) electrons. The zero-order chi connectivity index (χ0) is 12.8. The Morgan fingerprint density at radius 2 is 2.00 bits per heavy atom. The molecule has 0 fully saturated rings. The van der Waals surface area contributed by atoms with Crippen LogP contribution in [-0.2, 0) is 9.84 Å². The average Bonchev–Trinajstić information content (AvgIpc) is 2.15. The van der Waals surface area contributed by atoms with Crippen LogP contribution in [0.1, 0.15) is 40.0 Å². The molecular formula is C12H25NO2S. The van der Waals surface area contributed by atoms with E-state index in [0.29, 0.717) is 0 Å². The lowest BCUT2D eigenvalue weighted by molar-refractivity contribution is 0.388. The highest BCUT2D eigenvalue weighted by molar-refractivity contribution is 7.92. The molecule has 0 aliphatic heterocycles. The van der Waals surface area contributed by atoms with Crippen LogP contribution in [0.4, 0.5) is 0 Å². The maximum absolute atomic E-state index is 11.7. The number of allylic oxidation sites excluding steroid dienone is 1. The summed E-state index contributed by atoms with van der Waals surface area (Å²) in [7, 11) is -3.05. The predicted molar refractivity (Wildman–Crippen MR) is 70.4 cm³/mol. The van der Waals surface area contributed by atoms with Crippen molar-refractivity contribution in [3.8, 4) is 0 Å². The van der Waals surface area contributed by atoms with Gasteiger partial charge in [-0.1, -0.05) is 13.0 Å². The zero-order valence-corrected chi connectivity index (χ0v) is 11.7. The fourth-order valence-corrected chi connectivity index (χ4v) is 2.38. The minimum atomic E-state index is -3.05. The van der Waals surface area contributed by atoms with Gasteiger partial charge in [0.25, 0.3) is 0 Å². The van der Waals surface area contributed by atoms with Gasteiger partial charge in [-0.3, -0.25) is 0 Å². The van der Waals surface area contributed by atoms with Crippen molar-refractivity contribution in [2.45, 2.75) is 50.8 Å². The van der Waals surface area contributed by atoms with E-state index in [2.05, 4.69) is 11.9 Å². The molecule has 0 spiro atoms. The molecule has 16 heavy (non-hydrogen) atoms. The molecular weight excluding hydrogens is 222 g/mol. The van der Waals surface area contributed by atoms with Crippen molar-refractivity contribution in [1.82, 2.24) is 5.32 Å². The first-order chi connectivity index (χ1) is 7.27. The van der Waals surface area contributed by atoms with Crippen molar-refractivity contribution in [3.63, 3.8) is 0 Å². The Morgan fingerprint density at radius 1 is 1.44 bits per heavy atom. The van der Waals surface area contributed by atoms with Gasteiger partial charge in [0, 0.05) is 12.3 Å². The Kier molecular flexibility index (Phi) is 6.26. The van der Waals surface area contributed by atoms with E-state index in [1.807, 2.05) is 13.0 Å². The van der Waals surface area contributed by atoms with Crippen molar-refractivity contribution < 1.29 is 8.42 Å². The van der Waals surface area contributed by atoms with E-state index < -0.39 is 14.6 Å².